The van der Waals surface area contributed by atoms with Gasteiger partial charge in [0.25, 0.3) is 5.91 Å². The summed E-state index contributed by atoms with van der Waals surface area (Å²) >= 11 is 1.63. The summed E-state index contributed by atoms with van der Waals surface area (Å²) in [6.07, 6.45) is 0.704. The fraction of sp³-hybridized carbons (Fsp3) is 0.316. The molecule has 0 aliphatic carbocycles. The molecule has 6 heteroatoms. The molecule has 25 heavy (non-hydrogen) atoms. The molecule has 3 rings (SSSR count). The maximum absolute atomic E-state index is 12.1. The molecule has 130 valence electrons. The molecule has 2 heterocycles. The third-order valence-corrected chi connectivity index (χ3v) is 4.91. The fourth-order valence-electron chi connectivity index (χ4n) is 2.39. The van der Waals surface area contributed by atoms with Gasteiger partial charge < -0.3 is 5.32 Å². The molecule has 5 nitrogen and oxygen atoms in total. The number of aromatic nitrogens is 3. The summed E-state index contributed by atoms with van der Waals surface area (Å²) in [6, 6.07) is 10.2. The van der Waals surface area contributed by atoms with Gasteiger partial charge in [0.1, 0.15) is 10.7 Å². The second kappa shape index (κ2) is 7.61. The van der Waals surface area contributed by atoms with Gasteiger partial charge in [-0.25, -0.2) is 4.98 Å². The molecular weight excluding hydrogens is 332 g/mol. The lowest BCUT2D eigenvalue weighted by atomic mass is 10.1. The lowest BCUT2D eigenvalue weighted by Crippen LogP contribution is -2.26. The van der Waals surface area contributed by atoms with E-state index in [1.54, 1.807) is 17.4 Å². The zero-order valence-electron chi connectivity index (χ0n) is 14.7. The number of rotatable bonds is 6. The quantitative estimate of drug-likeness (QED) is 0.704. The Bertz CT molecular complexity index is 848. The number of hydrogen-bond acceptors (Lipinski definition) is 4. The summed E-state index contributed by atoms with van der Waals surface area (Å²) in [5, 5.41) is 12.9. The highest BCUT2D eigenvalue weighted by Crippen LogP contribution is 2.24. The van der Waals surface area contributed by atoms with Crippen LogP contribution in [0.1, 0.15) is 47.2 Å². The Morgan fingerprint density at radius 2 is 2.04 bits per heavy atom. The van der Waals surface area contributed by atoms with Gasteiger partial charge in [-0.3, -0.25) is 9.89 Å². The molecule has 0 atom stereocenters. The third-order valence-electron chi connectivity index (χ3n) is 3.97. The van der Waals surface area contributed by atoms with Crippen molar-refractivity contribution in [3.8, 4) is 10.6 Å². The van der Waals surface area contributed by atoms with E-state index in [2.05, 4.69) is 65.5 Å². The van der Waals surface area contributed by atoms with Crippen LogP contribution in [-0.2, 0) is 6.42 Å². The molecule has 0 fully saturated rings. The van der Waals surface area contributed by atoms with Crippen molar-refractivity contribution in [2.24, 2.45) is 0 Å². The SMILES string of the molecule is Cc1ccc(-c2nc(CCNC(=O)c3cc(C(C)C)[nH]n3)cs2)cc1. The van der Waals surface area contributed by atoms with Crippen molar-refractivity contribution >= 4 is 17.2 Å². The first-order chi connectivity index (χ1) is 12.0. The molecule has 0 spiro atoms. The number of benzene rings is 1. The van der Waals surface area contributed by atoms with Crippen LogP contribution < -0.4 is 5.32 Å². The number of carbonyl (C=O) groups is 1. The number of hydrogen-bond donors (Lipinski definition) is 2. The van der Waals surface area contributed by atoms with Gasteiger partial charge in [-0.1, -0.05) is 43.7 Å². The summed E-state index contributed by atoms with van der Waals surface area (Å²) in [6.45, 7) is 6.73. The lowest BCUT2D eigenvalue weighted by Gasteiger charge is -2.01. The Morgan fingerprint density at radius 1 is 1.28 bits per heavy atom. The standard InChI is InChI=1S/C19H22N4OS/c1-12(2)16-10-17(23-22-16)18(24)20-9-8-15-11-25-19(21-15)14-6-4-13(3)5-7-14/h4-7,10-12H,8-9H2,1-3H3,(H,20,24)(H,22,23). The van der Waals surface area contributed by atoms with Gasteiger partial charge in [0.15, 0.2) is 0 Å². The van der Waals surface area contributed by atoms with Crippen molar-refractivity contribution < 1.29 is 4.79 Å². The summed E-state index contributed by atoms with van der Waals surface area (Å²) in [5.74, 6) is 0.168. The van der Waals surface area contributed by atoms with E-state index in [0.717, 1.165) is 22.0 Å². The zero-order chi connectivity index (χ0) is 17.8. The Labute approximate surface area is 151 Å². The fourth-order valence-corrected chi connectivity index (χ4v) is 3.25. The smallest absolute Gasteiger partial charge is 0.271 e. The Kier molecular flexibility index (Phi) is 5.28. The van der Waals surface area contributed by atoms with Gasteiger partial charge >= 0.3 is 0 Å². The van der Waals surface area contributed by atoms with Crippen molar-refractivity contribution in [3.05, 3.63) is 58.4 Å². The largest absolute Gasteiger partial charge is 0.350 e. The van der Waals surface area contributed by atoms with Crippen LogP contribution >= 0.6 is 11.3 Å². The Morgan fingerprint density at radius 3 is 2.72 bits per heavy atom. The van der Waals surface area contributed by atoms with Crippen LogP contribution in [0, 0.1) is 6.92 Å². The molecule has 0 saturated heterocycles. The maximum Gasteiger partial charge on any atom is 0.271 e. The first-order valence-electron chi connectivity index (χ1n) is 8.38. The number of aromatic amines is 1. The number of thiazole rings is 1. The van der Waals surface area contributed by atoms with E-state index in [1.165, 1.54) is 5.56 Å². The van der Waals surface area contributed by atoms with Crippen LogP contribution in [0.5, 0.6) is 0 Å². The van der Waals surface area contributed by atoms with E-state index in [9.17, 15) is 4.79 Å². The number of nitrogens with one attached hydrogen (secondary N) is 2. The highest BCUT2D eigenvalue weighted by Gasteiger charge is 2.12. The van der Waals surface area contributed by atoms with Gasteiger partial charge in [-0.05, 0) is 18.9 Å². The summed E-state index contributed by atoms with van der Waals surface area (Å²) in [4.78, 5) is 16.8. The van der Waals surface area contributed by atoms with Gasteiger partial charge in [0, 0.05) is 29.6 Å². The van der Waals surface area contributed by atoms with Crippen molar-refractivity contribution in [1.82, 2.24) is 20.5 Å². The molecule has 2 aromatic heterocycles. The number of carbonyl (C=O) groups excluding carboxylic acids is 1. The number of amides is 1. The lowest BCUT2D eigenvalue weighted by molar-refractivity contribution is 0.0949. The van der Waals surface area contributed by atoms with E-state index < -0.39 is 0 Å². The molecule has 3 aromatic rings. The molecule has 1 amide bonds. The van der Waals surface area contributed by atoms with Crippen LogP contribution in [0.4, 0.5) is 0 Å². The topological polar surface area (TPSA) is 70.7 Å². The summed E-state index contributed by atoms with van der Waals surface area (Å²) < 4.78 is 0. The average molecular weight is 354 g/mol. The molecule has 1 aromatic carbocycles. The van der Waals surface area contributed by atoms with Crippen molar-refractivity contribution in [3.63, 3.8) is 0 Å². The van der Waals surface area contributed by atoms with Gasteiger partial charge in [0.2, 0.25) is 0 Å². The molecule has 2 N–H and O–H groups in total. The molecule has 0 radical (unpaired) electrons. The zero-order valence-corrected chi connectivity index (χ0v) is 15.5. The van der Waals surface area contributed by atoms with Crippen molar-refractivity contribution in [1.29, 1.82) is 0 Å². The van der Waals surface area contributed by atoms with Crippen molar-refractivity contribution in [2.75, 3.05) is 6.54 Å². The third kappa shape index (κ3) is 4.33. The summed E-state index contributed by atoms with van der Waals surface area (Å²) in [7, 11) is 0. The first kappa shape index (κ1) is 17.4. The number of nitrogens with zero attached hydrogens (tertiary/aromatic N) is 2. The highest BCUT2D eigenvalue weighted by molar-refractivity contribution is 7.13. The predicted octanol–water partition coefficient (Wildman–Crippen LogP) is 3.94. The molecule has 0 unspecified atom stereocenters. The van der Waals surface area contributed by atoms with Crippen LogP contribution in [0.3, 0.4) is 0 Å². The monoisotopic (exact) mass is 354 g/mol. The van der Waals surface area contributed by atoms with Gasteiger partial charge in [0.05, 0.1) is 5.69 Å². The molecule has 0 aliphatic rings. The van der Waals surface area contributed by atoms with E-state index in [1.807, 2.05) is 5.38 Å². The van der Waals surface area contributed by atoms with Crippen LogP contribution in [-0.4, -0.2) is 27.6 Å². The average Bonchev–Trinajstić information content (AvgIpc) is 3.25. The second-order valence-electron chi connectivity index (χ2n) is 6.38. The van der Waals surface area contributed by atoms with E-state index in [0.29, 0.717) is 24.6 Å². The number of aryl methyl sites for hydroxylation is 1. The van der Waals surface area contributed by atoms with Gasteiger partial charge in [-0.2, -0.15) is 5.10 Å². The highest BCUT2D eigenvalue weighted by atomic mass is 32.1. The summed E-state index contributed by atoms with van der Waals surface area (Å²) in [5.41, 5.74) is 4.76. The normalized spacial score (nSPS) is 11.0. The van der Waals surface area contributed by atoms with Crippen LogP contribution in [0.25, 0.3) is 10.6 Å². The maximum atomic E-state index is 12.1. The minimum Gasteiger partial charge on any atom is -0.350 e. The second-order valence-corrected chi connectivity index (χ2v) is 7.24. The molecule has 0 bridgehead atoms. The van der Waals surface area contributed by atoms with Crippen LogP contribution in [0.2, 0.25) is 0 Å². The minimum atomic E-state index is -0.155. The molecule has 0 saturated carbocycles. The predicted molar refractivity (Wildman–Crippen MR) is 101 cm³/mol. The van der Waals surface area contributed by atoms with E-state index in [4.69, 9.17) is 0 Å². The first-order valence-corrected chi connectivity index (χ1v) is 9.26. The van der Waals surface area contributed by atoms with Gasteiger partial charge in [-0.15, -0.1) is 11.3 Å². The van der Waals surface area contributed by atoms with E-state index >= 15 is 0 Å². The molecule has 0 aliphatic heterocycles. The van der Waals surface area contributed by atoms with E-state index in [-0.39, 0.29) is 5.91 Å². The molecular formula is C19H22N4OS. The Hall–Kier alpha value is -2.47. The van der Waals surface area contributed by atoms with Crippen LogP contribution in [0.15, 0.2) is 35.7 Å². The van der Waals surface area contributed by atoms with Crippen molar-refractivity contribution in [2.45, 2.75) is 33.1 Å². The number of H-pyrrole nitrogens is 1. The minimum absolute atomic E-state index is 0.155. The Balaban J connectivity index is 1.53.